The van der Waals surface area contributed by atoms with Crippen molar-refractivity contribution in [1.82, 2.24) is 0 Å². The lowest BCUT2D eigenvalue weighted by atomic mass is 9.67. The van der Waals surface area contributed by atoms with Crippen molar-refractivity contribution in [2.45, 2.75) is 46.5 Å². The zero-order valence-corrected chi connectivity index (χ0v) is 8.97. The number of hydrogen-bond acceptors (Lipinski definition) is 1. The Labute approximate surface area is 81.2 Å². The Hall–Kier alpha value is -0.590. The number of hydrogen-bond donors (Lipinski definition) is 0. The normalized spacial score (nSPS) is 32.5. The van der Waals surface area contributed by atoms with Crippen LogP contribution in [0.3, 0.4) is 0 Å². The highest BCUT2D eigenvalue weighted by Crippen LogP contribution is 2.54. The van der Waals surface area contributed by atoms with E-state index in [9.17, 15) is 4.79 Å². The first-order valence-electron chi connectivity index (χ1n) is 5.12. The van der Waals surface area contributed by atoms with E-state index in [4.69, 9.17) is 0 Å². The van der Waals surface area contributed by atoms with Crippen LogP contribution in [0.4, 0.5) is 0 Å². The van der Waals surface area contributed by atoms with E-state index in [1.54, 1.807) is 6.08 Å². The molecule has 0 spiro atoms. The standard InChI is InChI=1S/C12H20O/c1-11(2)7-6-9-12(11,3)8-4-5-10-13/h4-5,10H,6-9H2,1-3H3/b5-4+. The van der Waals surface area contributed by atoms with E-state index < -0.39 is 0 Å². The fraction of sp³-hybridized carbons (Fsp3) is 0.750. The van der Waals surface area contributed by atoms with Crippen LogP contribution in [0.1, 0.15) is 46.5 Å². The fourth-order valence-electron chi connectivity index (χ4n) is 2.32. The third-order valence-corrected chi connectivity index (χ3v) is 3.95. The summed E-state index contributed by atoms with van der Waals surface area (Å²) in [5, 5.41) is 0. The van der Waals surface area contributed by atoms with E-state index in [-0.39, 0.29) is 0 Å². The number of carbonyl (C=O) groups is 1. The molecule has 0 heterocycles. The molecule has 0 aromatic carbocycles. The molecule has 1 fully saturated rings. The molecule has 1 saturated carbocycles. The molecule has 0 aliphatic heterocycles. The molecule has 1 heteroatoms. The zero-order chi connectivity index (χ0) is 9.95. The largest absolute Gasteiger partial charge is 0.299 e. The lowest BCUT2D eigenvalue weighted by Gasteiger charge is -2.37. The van der Waals surface area contributed by atoms with Crippen LogP contribution in [0.25, 0.3) is 0 Å². The summed E-state index contributed by atoms with van der Waals surface area (Å²) in [4.78, 5) is 10.2. The van der Waals surface area contributed by atoms with E-state index >= 15 is 0 Å². The van der Waals surface area contributed by atoms with E-state index in [1.165, 1.54) is 19.3 Å². The molecule has 0 saturated heterocycles. The Morgan fingerprint density at radius 1 is 1.23 bits per heavy atom. The Morgan fingerprint density at radius 3 is 2.38 bits per heavy atom. The van der Waals surface area contributed by atoms with Gasteiger partial charge in [0.2, 0.25) is 0 Å². The third-order valence-electron chi connectivity index (χ3n) is 3.95. The van der Waals surface area contributed by atoms with Crippen LogP contribution in [-0.4, -0.2) is 6.29 Å². The Kier molecular flexibility index (Phi) is 2.94. The number of allylic oxidation sites excluding steroid dienone is 2. The molecule has 1 aliphatic rings. The van der Waals surface area contributed by atoms with Gasteiger partial charge in [0.25, 0.3) is 0 Å². The van der Waals surface area contributed by atoms with Crippen molar-refractivity contribution >= 4 is 6.29 Å². The SMILES string of the molecule is CC1(C)CCCC1(C)C/C=C/C=O. The third kappa shape index (κ3) is 2.01. The van der Waals surface area contributed by atoms with Gasteiger partial charge in [-0.15, -0.1) is 0 Å². The van der Waals surface area contributed by atoms with E-state index in [1.807, 2.05) is 6.08 Å². The summed E-state index contributed by atoms with van der Waals surface area (Å²) in [5.74, 6) is 0. The van der Waals surface area contributed by atoms with E-state index in [0.717, 1.165) is 12.7 Å². The van der Waals surface area contributed by atoms with Gasteiger partial charge in [0, 0.05) is 0 Å². The lowest BCUT2D eigenvalue weighted by molar-refractivity contribution is -0.104. The van der Waals surface area contributed by atoms with Crippen LogP contribution in [0.5, 0.6) is 0 Å². The summed E-state index contributed by atoms with van der Waals surface area (Å²) in [7, 11) is 0. The molecule has 1 rings (SSSR count). The van der Waals surface area contributed by atoms with Gasteiger partial charge in [-0.1, -0.05) is 33.3 Å². The summed E-state index contributed by atoms with van der Waals surface area (Å²) >= 11 is 0. The molecule has 0 bridgehead atoms. The second-order valence-electron chi connectivity index (χ2n) is 5.07. The molecule has 1 nitrogen and oxygen atoms in total. The van der Waals surface area contributed by atoms with E-state index in [2.05, 4.69) is 20.8 Å². The van der Waals surface area contributed by atoms with Crippen LogP contribution in [0.15, 0.2) is 12.2 Å². The van der Waals surface area contributed by atoms with Gasteiger partial charge in [0.05, 0.1) is 0 Å². The van der Waals surface area contributed by atoms with Crippen LogP contribution in [-0.2, 0) is 4.79 Å². The summed E-state index contributed by atoms with van der Waals surface area (Å²) in [6, 6.07) is 0. The molecule has 1 unspecified atom stereocenters. The zero-order valence-electron chi connectivity index (χ0n) is 8.97. The van der Waals surface area contributed by atoms with Crippen molar-refractivity contribution < 1.29 is 4.79 Å². The van der Waals surface area contributed by atoms with Crippen LogP contribution < -0.4 is 0 Å². The first-order chi connectivity index (χ1) is 6.02. The van der Waals surface area contributed by atoms with Gasteiger partial charge in [-0.3, -0.25) is 4.79 Å². The summed E-state index contributed by atoms with van der Waals surface area (Å²) in [6.45, 7) is 7.03. The maximum absolute atomic E-state index is 10.2. The maximum Gasteiger partial charge on any atom is 0.142 e. The smallest absolute Gasteiger partial charge is 0.142 e. The van der Waals surface area contributed by atoms with Gasteiger partial charge in [-0.25, -0.2) is 0 Å². The molecule has 0 aromatic rings. The molecule has 0 aromatic heterocycles. The minimum Gasteiger partial charge on any atom is -0.299 e. The molecule has 0 N–H and O–H groups in total. The van der Waals surface area contributed by atoms with Crippen LogP contribution >= 0.6 is 0 Å². The van der Waals surface area contributed by atoms with Gasteiger partial charge >= 0.3 is 0 Å². The average molecular weight is 180 g/mol. The van der Waals surface area contributed by atoms with Gasteiger partial charge in [-0.2, -0.15) is 0 Å². The maximum atomic E-state index is 10.2. The highest BCUT2D eigenvalue weighted by Gasteiger charge is 2.43. The summed E-state index contributed by atoms with van der Waals surface area (Å²) in [5.41, 5.74) is 0.826. The Morgan fingerprint density at radius 2 is 1.92 bits per heavy atom. The monoisotopic (exact) mass is 180 g/mol. The number of carbonyl (C=O) groups excluding carboxylic acids is 1. The molecule has 13 heavy (non-hydrogen) atoms. The van der Waals surface area contributed by atoms with Crippen molar-refractivity contribution in [3.63, 3.8) is 0 Å². The highest BCUT2D eigenvalue weighted by atomic mass is 16.1. The van der Waals surface area contributed by atoms with Crippen molar-refractivity contribution in [3.05, 3.63) is 12.2 Å². The van der Waals surface area contributed by atoms with E-state index in [0.29, 0.717) is 10.8 Å². The summed E-state index contributed by atoms with van der Waals surface area (Å²) in [6.07, 6.45) is 9.49. The molecule has 0 amide bonds. The first-order valence-corrected chi connectivity index (χ1v) is 5.12. The first kappa shape index (κ1) is 10.5. The molecule has 1 aliphatic carbocycles. The molecule has 0 radical (unpaired) electrons. The fourth-order valence-corrected chi connectivity index (χ4v) is 2.32. The minimum atomic E-state index is 0.395. The van der Waals surface area contributed by atoms with Gasteiger partial charge in [0.1, 0.15) is 6.29 Å². The van der Waals surface area contributed by atoms with Crippen LogP contribution in [0.2, 0.25) is 0 Å². The van der Waals surface area contributed by atoms with Crippen molar-refractivity contribution in [2.75, 3.05) is 0 Å². The highest BCUT2D eigenvalue weighted by molar-refractivity contribution is 5.64. The van der Waals surface area contributed by atoms with Gasteiger partial charge in [0.15, 0.2) is 0 Å². The van der Waals surface area contributed by atoms with Gasteiger partial charge < -0.3 is 0 Å². The number of rotatable bonds is 3. The molecule has 74 valence electrons. The predicted octanol–water partition coefficient (Wildman–Crippen LogP) is 3.35. The van der Waals surface area contributed by atoms with Crippen molar-refractivity contribution in [2.24, 2.45) is 10.8 Å². The molecular formula is C12H20O. The second kappa shape index (κ2) is 3.65. The number of aldehydes is 1. The molecular weight excluding hydrogens is 160 g/mol. The minimum absolute atomic E-state index is 0.395. The molecule has 1 atom stereocenters. The lowest BCUT2D eigenvalue weighted by Crippen LogP contribution is -2.28. The topological polar surface area (TPSA) is 17.1 Å². The van der Waals surface area contributed by atoms with Gasteiger partial charge in [-0.05, 0) is 36.2 Å². The second-order valence-corrected chi connectivity index (χ2v) is 5.07. The van der Waals surface area contributed by atoms with Crippen molar-refractivity contribution in [1.29, 1.82) is 0 Å². The summed E-state index contributed by atoms with van der Waals surface area (Å²) < 4.78 is 0. The van der Waals surface area contributed by atoms with Crippen LogP contribution in [0, 0.1) is 10.8 Å². The Bertz CT molecular complexity index is 215. The Balaban J connectivity index is 2.64. The van der Waals surface area contributed by atoms with Crippen molar-refractivity contribution in [3.8, 4) is 0 Å². The quantitative estimate of drug-likeness (QED) is 0.481. The average Bonchev–Trinajstić information content (AvgIpc) is 2.28. The predicted molar refractivity (Wildman–Crippen MR) is 55.6 cm³/mol.